The van der Waals surface area contributed by atoms with Crippen LogP contribution in [-0.2, 0) is 6.42 Å². The van der Waals surface area contributed by atoms with Gasteiger partial charge in [-0.15, -0.1) is 0 Å². The van der Waals surface area contributed by atoms with E-state index in [1.54, 1.807) is 14.2 Å². The lowest BCUT2D eigenvalue weighted by Gasteiger charge is -2.18. The van der Waals surface area contributed by atoms with Gasteiger partial charge >= 0.3 is 0 Å². The molecule has 1 N–H and O–H groups in total. The van der Waals surface area contributed by atoms with E-state index in [-0.39, 0.29) is 6.04 Å². The van der Waals surface area contributed by atoms with Crippen molar-refractivity contribution in [1.82, 2.24) is 5.32 Å². The predicted molar refractivity (Wildman–Crippen MR) is 86.5 cm³/mol. The van der Waals surface area contributed by atoms with E-state index in [0.717, 1.165) is 22.9 Å². The Labute approximate surface area is 130 Å². The van der Waals surface area contributed by atoms with E-state index in [2.05, 4.69) is 17.4 Å². The summed E-state index contributed by atoms with van der Waals surface area (Å²) in [5.74, 6) is 1.49. The van der Waals surface area contributed by atoms with Crippen LogP contribution in [0.5, 0.6) is 11.5 Å². The Morgan fingerprint density at radius 3 is 2.43 bits per heavy atom. The average Bonchev–Trinajstić information content (AvgIpc) is 2.52. The van der Waals surface area contributed by atoms with Crippen LogP contribution in [0.3, 0.4) is 0 Å². The van der Waals surface area contributed by atoms with Crippen molar-refractivity contribution in [2.45, 2.75) is 12.5 Å². The summed E-state index contributed by atoms with van der Waals surface area (Å²) < 4.78 is 10.6. The molecule has 0 saturated heterocycles. The monoisotopic (exact) mass is 305 g/mol. The zero-order valence-electron chi connectivity index (χ0n) is 12.5. The van der Waals surface area contributed by atoms with Crippen molar-refractivity contribution in [2.24, 2.45) is 0 Å². The maximum Gasteiger partial charge on any atom is 0.160 e. The lowest BCUT2D eigenvalue weighted by molar-refractivity contribution is 0.354. The third kappa shape index (κ3) is 3.90. The molecule has 112 valence electrons. The molecule has 0 radical (unpaired) electrons. The van der Waals surface area contributed by atoms with Gasteiger partial charge in [0.25, 0.3) is 0 Å². The van der Waals surface area contributed by atoms with Crippen LogP contribution >= 0.6 is 11.6 Å². The van der Waals surface area contributed by atoms with E-state index < -0.39 is 0 Å². The lowest BCUT2D eigenvalue weighted by atomic mass is 9.99. The number of likely N-dealkylation sites (N-methyl/N-ethyl adjacent to an activating group) is 1. The number of rotatable bonds is 6. The van der Waals surface area contributed by atoms with E-state index in [1.807, 2.05) is 37.4 Å². The third-order valence-electron chi connectivity index (χ3n) is 3.49. The van der Waals surface area contributed by atoms with Crippen LogP contribution in [0.2, 0.25) is 5.02 Å². The molecule has 0 amide bonds. The molecule has 0 aliphatic carbocycles. The van der Waals surface area contributed by atoms with Gasteiger partial charge in [0.2, 0.25) is 0 Å². The second-order valence-electron chi connectivity index (χ2n) is 4.79. The van der Waals surface area contributed by atoms with E-state index in [9.17, 15) is 0 Å². The van der Waals surface area contributed by atoms with Crippen LogP contribution in [0.25, 0.3) is 0 Å². The number of hydrogen-bond acceptors (Lipinski definition) is 3. The fraction of sp³-hybridized carbons (Fsp3) is 0.294. The predicted octanol–water partition coefficient (Wildman–Crippen LogP) is 3.86. The maximum atomic E-state index is 6.07. The smallest absolute Gasteiger partial charge is 0.160 e. The SMILES string of the molecule is CNC(Cc1ccc(OC)c(OC)c1)c1cccc(Cl)c1. The molecule has 2 aromatic rings. The highest BCUT2D eigenvalue weighted by atomic mass is 35.5. The summed E-state index contributed by atoms with van der Waals surface area (Å²) in [6, 6.07) is 14.1. The van der Waals surface area contributed by atoms with Crippen LogP contribution in [0.4, 0.5) is 0 Å². The molecule has 2 aromatic carbocycles. The molecule has 21 heavy (non-hydrogen) atoms. The van der Waals surface area contributed by atoms with Crippen LogP contribution in [0.15, 0.2) is 42.5 Å². The largest absolute Gasteiger partial charge is 0.493 e. The van der Waals surface area contributed by atoms with Crippen molar-refractivity contribution in [3.63, 3.8) is 0 Å². The van der Waals surface area contributed by atoms with Gasteiger partial charge in [-0.25, -0.2) is 0 Å². The van der Waals surface area contributed by atoms with Crippen molar-refractivity contribution in [2.75, 3.05) is 21.3 Å². The molecular formula is C17H20ClNO2. The lowest BCUT2D eigenvalue weighted by Crippen LogP contribution is -2.18. The van der Waals surface area contributed by atoms with E-state index >= 15 is 0 Å². The summed E-state index contributed by atoms with van der Waals surface area (Å²) in [6.45, 7) is 0. The van der Waals surface area contributed by atoms with Crippen molar-refractivity contribution >= 4 is 11.6 Å². The average molecular weight is 306 g/mol. The normalized spacial score (nSPS) is 12.0. The molecule has 0 heterocycles. The van der Waals surface area contributed by atoms with Crippen LogP contribution in [0, 0.1) is 0 Å². The van der Waals surface area contributed by atoms with Crippen LogP contribution in [0.1, 0.15) is 17.2 Å². The molecule has 0 aliphatic rings. The zero-order chi connectivity index (χ0) is 15.2. The van der Waals surface area contributed by atoms with Crippen molar-refractivity contribution in [1.29, 1.82) is 0 Å². The van der Waals surface area contributed by atoms with Crippen LogP contribution in [-0.4, -0.2) is 21.3 Å². The third-order valence-corrected chi connectivity index (χ3v) is 3.72. The Bertz CT molecular complexity index is 601. The Hall–Kier alpha value is -1.71. The highest BCUT2D eigenvalue weighted by molar-refractivity contribution is 6.30. The molecule has 0 fully saturated rings. The summed E-state index contributed by atoms with van der Waals surface area (Å²) >= 11 is 6.07. The first kappa shape index (κ1) is 15.7. The molecular weight excluding hydrogens is 286 g/mol. The second kappa shape index (κ2) is 7.34. The van der Waals surface area contributed by atoms with Gasteiger partial charge in [0.05, 0.1) is 14.2 Å². The number of hydrogen-bond donors (Lipinski definition) is 1. The molecule has 0 aromatic heterocycles. The Balaban J connectivity index is 2.22. The van der Waals surface area contributed by atoms with Crippen molar-refractivity contribution in [3.05, 3.63) is 58.6 Å². The van der Waals surface area contributed by atoms with Gasteiger partial charge in [0.15, 0.2) is 11.5 Å². The minimum Gasteiger partial charge on any atom is -0.493 e. The molecule has 3 nitrogen and oxygen atoms in total. The molecule has 1 unspecified atom stereocenters. The zero-order valence-corrected chi connectivity index (χ0v) is 13.3. The van der Waals surface area contributed by atoms with Gasteiger partial charge < -0.3 is 14.8 Å². The van der Waals surface area contributed by atoms with E-state index in [4.69, 9.17) is 21.1 Å². The fourth-order valence-corrected chi connectivity index (χ4v) is 2.55. The van der Waals surface area contributed by atoms with Gasteiger partial charge in [0.1, 0.15) is 0 Å². The molecule has 4 heteroatoms. The summed E-state index contributed by atoms with van der Waals surface area (Å²) in [5, 5.41) is 4.08. The first-order chi connectivity index (χ1) is 10.2. The van der Waals surface area contributed by atoms with E-state index in [1.165, 1.54) is 11.1 Å². The molecule has 0 bridgehead atoms. The summed E-state index contributed by atoms with van der Waals surface area (Å²) in [7, 11) is 5.24. The fourth-order valence-electron chi connectivity index (χ4n) is 2.35. The van der Waals surface area contributed by atoms with E-state index in [0.29, 0.717) is 0 Å². The molecule has 0 saturated carbocycles. The summed E-state index contributed by atoms with van der Waals surface area (Å²) in [5.41, 5.74) is 2.34. The maximum absolute atomic E-state index is 6.07. The highest BCUT2D eigenvalue weighted by Gasteiger charge is 2.12. The van der Waals surface area contributed by atoms with Gasteiger partial charge in [-0.1, -0.05) is 29.8 Å². The summed E-state index contributed by atoms with van der Waals surface area (Å²) in [4.78, 5) is 0. The number of halogens is 1. The summed E-state index contributed by atoms with van der Waals surface area (Å²) in [6.07, 6.45) is 0.844. The first-order valence-electron chi connectivity index (χ1n) is 6.81. The number of nitrogens with one attached hydrogen (secondary N) is 1. The molecule has 0 spiro atoms. The number of ether oxygens (including phenoxy) is 2. The minimum absolute atomic E-state index is 0.196. The second-order valence-corrected chi connectivity index (χ2v) is 5.23. The molecule has 1 atom stereocenters. The Morgan fingerprint density at radius 2 is 1.81 bits per heavy atom. The highest BCUT2D eigenvalue weighted by Crippen LogP contribution is 2.29. The Morgan fingerprint density at radius 1 is 1.05 bits per heavy atom. The van der Waals surface area contributed by atoms with Crippen LogP contribution < -0.4 is 14.8 Å². The number of benzene rings is 2. The minimum atomic E-state index is 0.196. The van der Waals surface area contributed by atoms with Gasteiger partial charge in [-0.2, -0.15) is 0 Å². The molecule has 2 rings (SSSR count). The number of methoxy groups -OCH3 is 2. The molecule has 0 aliphatic heterocycles. The van der Waals surface area contributed by atoms with Crippen molar-refractivity contribution < 1.29 is 9.47 Å². The van der Waals surface area contributed by atoms with Gasteiger partial charge in [0, 0.05) is 11.1 Å². The first-order valence-corrected chi connectivity index (χ1v) is 7.19. The standard InChI is InChI=1S/C17H20ClNO2/c1-19-15(13-5-4-6-14(18)11-13)9-12-7-8-16(20-2)17(10-12)21-3/h4-8,10-11,15,19H,9H2,1-3H3. The topological polar surface area (TPSA) is 30.5 Å². The van der Waals surface area contributed by atoms with Gasteiger partial charge in [-0.3, -0.25) is 0 Å². The van der Waals surface area contributed by atoms with Crippen molar-refractivity contribution in [3.8, 4) is 11.5 Å². The van der Waals surface area contributed by atoms with Gasteiger partial charge in [-0.05, 0) is 48.9 Å². The quantitative estimate of drug-likeness (QED) is 0.879. The Kier molecular flexibility index (Phi) is 5.48.